The van der Waals surface area contributed by atoms with Gasteiger partial charge in [-0.2, -0.15) is 0 Å². The van der Waals surface area contributed by atoms with Gasteiger partial charge in [-0.05, 0) is 59.7 Å². The van der Waals surface area contributed by atoms with Crippen molar-refractivity contribution in [1.82, 2.24) is 14.8 Å². The highest BCUT2D eigenvalue weighted by atomic mass is 19.1. The first-order chi connectivity index (χ1) is 18.3. The molecule has 2 aliphatic rings. The van der Waals surface area contributed by atoms with E-state index in [1.54, 1.807) is 36.0 Å². The number of amides is 2. The van der Waals surface area contributed by atoms with Gasteiger partial charge in [0.2, 0.25) is 5.79 Å². The fraction of sp³-hybridized carbons (Fsp3) is 0.267. The number of H-pyrrole nitrogens is 1. The van der Waals surface area contributed by atoms with Crippen molar-refractivity contribution in [3.05, 3.63) is 89.4 Å². The molecule has 6 rings (SSSR count). The van der Waals surface area contributed by atoms with Crippen LogP contribution in [-0.2, 0) is 11.3 Å². The van der Waals surface area contributed by atoms with Gasteiger partial charge in [-0.3, -0.25) is 9.59 Å². The molecule has 3 heterocycles. The molecule has 2 amide bonds. The van der Waals surface area contributed by atoms with Gasteiger partial charge in [0, 0.05) is 62.1 Å². The number of fused-ring (bicyclic) bond motifs is 2. The summed E-state index contributed by atoms with van der Waals surface area (Å²) in [6, 6.07) is 19.7. The average Bonchev–Trinajstić information content (AvgIpc) is 3.36. The second-order valence-corrected chi connectivity index (χ2v) is 10.1. The van der Waals surface area contributed by atoms with Crippen LogP contribution in [0.5, 0.6) is 5.75 Å². The first-order valence-corrected chi connectivity index (χ1v) is 12.7. The molecule has 0 atom stereocenters. The molecule has 0 aliphatic carbocycles. The van der Waals surface area contributed by atoms with Crippen molar-refractivity contribution in [3.63, 3.8) is 0 Å². The number of ether oxygens (including phenoxy) is 2. The molecule has 1 N–H and O–H groups in total. The molecular weight excluding hydrogens is 485 g/mol. The van der Waals surface area contributed by atoms with Crippen LogP contribution in [0.25, 0.3) is 22.0 Å². The number of hydrogen-bond acceptors (Lipinski definition) is 4. The van der Waals surface area contributed by atoms with Crippen LogP contribution in [0.1, 0.15) is 39.3 Å². The summed E-state index contributed by atoms with van der Waals surface area (Å²) in [6.07, 6.45) is 1.10. The van der Waals surface area contributed by atoms with E-state index in [0.717, 1.165) is 28.0 Å². The lowest BCUT2D eigenvalue weighted by Crippen LogP contribution is -2.52. The summed E-state index contributed by atoms with van der Waals surface area (Å²) in [5.41, 5.74) is 4.82. The molecule has 0 saturated carbocycles. The topological polar surface area (TPSA) is 74.9 Å². The maximum atomic E-state index is 13.5. The van der Waals surface area contributed by atoms with Gasteiger partial charge in [0.1, 0.15) is 17.3 Å². The molecule has 0 radical (unpaired) electrons. The van der Waals surface area contributed by atoms with Crippen molar-refractivity contribution >= 4 is 22.7 Å². The summed E-state index contributed by atoms with van der Waals surface area (Å²) >= 11 is 0. The van der Waals surface area contributed by atoms with Gasteiger partial charge in [0.05, 0.1) is 6.61 Å². The lowest BCUT2D eigenvalue weighted by atomic mass is 9.98. The molecule has 1 spiro atoms. The quantitative estimate of drug-likeness (QED) is 0.408. The Balaban J connectivity index is 1.12. The predicted molar refractivity (Wildman–Crippen MR) is 141 cm³/mol. The standard InChI is InChI=1S/C30H28FN3O4/c1-33(2)28(35)20-5-3-19(4-6-20)21-7-10-27-23(15-21)18-37-30(38-27)11-13-34(14-12-30)29(36)26-17-22-16-24(31)8-9-25(22)32-26/h3-10,15-17,32H,11-14,18H2,1-2H3. The van der Waals surface area contributed by atoms with Crippen LogP contribution in [0.4, 0.5) is 4.39 Å². The molecule has 7 nitrogen and oxygen atoms in total. The minimum Gasteiger partial charge on any atom is -0.462 e. The largest absolute Gasteiger partial charge is 0.462 e. The summed E-state index contributed by atoms with van der Waals surface area (Å²) in [4.78, 5) is 31.7. The van der Waals surface area contributed by atoms with Crippen molar-refractivity contribution in [2.75, 3.05) is 27.2 Å². The molecule has 1 fully saturated rings. The van der Waals surface area contributed by atoms with E-state index in [4.69, 9.17) is 9.47 Å². The van der Waals surface area contributed by atoms with Gasteiger partial charge in [0.25, 0.3) is 11.8 Å². The number of likely N-dealkylation sites (tertiary alicyclic amines) is 1. The van der Waals surface area contributed by atoms with Crippen LogP contribution in [0, 0.1) is 5.82 Å². The molecule has 1 aromatic heterocycles. The van der Waals surface area contributed by atoms with Crippen molar-refractivity contribution in [1.29, 1.82) is 0 Å². The zero-order valence-corrected chi connectivity index (χ0v) is 21.3. The van der Waals surface area contributed by atoms with Crippen molar-refractivity contribution in [2.45, 2.75) is 25.2 Å². The number of nitrogens with one attached hydrogen (secondary N) is 1. The fourth-order valence-electron chi connectivity index (χ4n) is 5.16. The van der Waals surface area contributed by atoms with Crippen LogP contribution in [0.15, 0.2) is 66.7 Å². The zero-order chi connectivity index (χ0) is 26.4. The van der Waals surface area contributed by atoms with Crippen molar-refractivity contribution in [2.24, 2.45) is 0 Å². The molecule has 1 saturated heterocycles. The van der Waals surface area contributed by atoms with E-state index >= 15 is 0 Å². The van der Waals surface area contributed by atoms with E-state index in [2.05, 4.69) is 11.1 Å². The highest BCUT2D eigenvalue weighted by Gasteiger charge is 2.42. The van der Waals surface area contributed by atoms with Gasteiger partial charge >= 0.3 is 0 Å². The number of nitrogens with zero attached hydrogens (tertiary/aromatic N) is 2. The number of carbonyl (C=O) groups excluding carboxylic acids is 2. The zero-order valence-electron chi connectivity index (χ0n) is 21.3. The van der Waals surface area contributed by atoms with Gasteiger partial charge < -0.3 is 24.3 Å². The van der Waals surface area contributed by atoms with E-state index in [0.29, 0.717) is 49.2 Å². The smallest absolute Gasteiger partial charge is 0.270 e. The number of benzene rings is 3. The maximum absolute atomic E-state index is 13.5. The normalized spacial score (nSPS) is 16.2. The number of aromatic nitrogens is 1. The molecule has 8 heteroatoms. The highest BCUT2D eigenvalue weighted by Crippen LogP contribution is 2.39. The van der Waals surface area contributed by atoms with E-state index < -0.39 is 5.79 Å². The summed E-state index contributed by atoms with van der Waals surface area (Å²) in [7, 11) is 3.47. The second-order valence-electron chi connectivity index (χ2n) is 10.1. The molecule has 194 valence electrons. The van der Waals surface area contributed by atoms with Crippen molar-refractivity contribution in [3.8, 4) is 16.9 Å². The highest BCUT2D eigenvalue weighted by molar-refractivity contribution is 5.98. The molecular formula is C30H28FN3O4. The Morgan fingerprint density at radius 3 is 2.42 bits per heavy atom. The number of hydrogen-bond donors (Lipinski definition) is 1. The third-order valence-corrected chi connectivity index (χ3v) is 7.34. The van der Waals surface area contributed by atoms with Gasteiger partial charge in [-0.15, -0.1) is 0 Å². The number of halogens is 1. The fourth-order valence-corrected chi connectivity index (χ4v) is 5.16. The SMILES string of the molecule is CN(C)C(=O)c1ccc(-c2ccc3c(c2)COC2(CCN(C(=O)c4cc5cc(F)ccc5[nH]4)CC2)O3)cc1. The van der Waals surface area contributed by atoms with E-state index in [1.165, 1.54) is 12.1 Å². The van der Waals surface area contributed by atoms with Crippen LogP contribution in [-0.4, -0.2) is 59.6 Å². The lowest BCUT2D eigenvalue weighted by Gasteiger charge is -2.44. The molecule has 38 heavy (non-hydrogen) atoms. The Morgan fingerprint density at radius 2 is 1.68 bits per heavy atom. The minimum atomic E-state index is -0.761. The Kier molecular flexibility index (Phi) is 5.91. The summed E-state index contributed by atoms with van der Waals surface area (Å²) < 4.78 is 26.1. The third-order valence-electron chi connectivity index (χ3n) is 7.34. The van der Waals surface area contributed by atoms with Crippen molar-refractivity contribution < 1.29 is 23.5 Å². The van der Waals surface area contributed by atoms with Crippen LogP contribution in [0.2, 0.25) is 0 Å². The van der Waals surface area contributed by atoms with E-state index in [1.807, 2.05) is 36.4 Å². The Hall–Kier alpha value is -4.17. The minimum absolute atomic E-state index is 0.0291. The van der Waals surface area contributed by atoms with E-state index in [9.17, 15) is 14.0 Å². The lowest BCUT2D eigenvalue weighted by molar-refractivity contribution is -0.225. The Bertz CT molecular complexity index is 1540. The van der Waals surface area contributed by atoms with Gasteiger partial charge in [0.15, 0.2) is 0 Å². The first kappa shape index (κ1) is 24.2. The summed E-state index contributed by atoms with van der Waals surface area (Å²) in [5, 5.41) is 0.676. The number of piperidine rings is 1. The monoisotopic (exact) mass is 513 g/mol. The van der Waals surface area contributed by atoms with E-state index in [-0.39, 0.29) is 17.6 Å². The third kappa shape index (κ3) is 4.41. The summed E-state index contributed by atoms with van der Waals surface area (Å²) in [5.74, 6) is -0.446. The predicted octanol–water partition coefficient (Wildman–Crippen LogP) is 5.22. The Labute approximate surface area is 219 Å². The molecule has 2 aliphatic heterocycles. The first-order valence-electron chi connectivity index (χ1n) is 12.7. The second kappa shape index (κ2) is 9.29. The number of rotatable bonds is 3. The molecule has 3 aromatic carbocycles. The number of aromatic amines is 1. The van der Waals surface area contributed by atoms with Gasteiger partial charge in [-0.1, -0.05) is 18.2 Å². The molecule has 0 unspecified atom stereocenters. The van der Waals surface area contributed by atoms with Crippen LogP contribution >= 0.6 is 0 Å². The number of carbonyl (C=O) groups is 2. The van der Waals surface area contributed by atoms with Crippen LogP contribution < -0.4 is 4.74 Å². The Morgan fingerprint density at radius 1 is 0.947 bits per heavy atom. The molecule has 0 bridgehead atoms. The van der Waals surface area contributed by atoms with Crippen LogP contribution in [0.3, 0.4) is 0 Å². The maximum Gasteiger partial charge on any atom is 0.270 e. The summed E-state index contributed by atoms with van der Waals surface area (Å²) in [6.45, 7) is 1.41. The average molecular weight is 514 g/mol. The van der Waals surface area contributed by atoms with Gasteiger partial charge in [-0.25, -0.2) is 4.39 Å². The molecule has 4 aromatic rings.